The number of piperidine rings is 1. The number of rotatable bonds is 7. The minimum Gasteiger partial charge on any atom is -0.326 e. The van der Waals surface area contributed by atoms with E-state index in [-0.39, 0.29) is 29.2 Å². The Bertz CT molecular complexity index is 1570. The summed E-state index contributed by atoms with van der Waals surface area (Å²) in [7, 11) is 2.20. The predicted molar refractivity (Wildman–Crippen MR) is 165 cm³/mol. The number of likely N-dealkylation sites (tertiary alicyclic amines) is 1. The first kappa shape index (κ1) is 29.5. The number of nitrogens with zero attached hydrogens (tertiary/aromatic N) is 8. The standard InChI is InChI=1S/C32H41F2N9/c1-20(2)43-22(4)37-31-26(33)16-24(17-28(31)43)30-27(34)19-36-32(39-30)38-29-7-6-23(18-35-29)21(3)41-10-8-25(9-11-41)42-14-12-40(5)13-15-42/h6-7,16-21,25H,8-15H2,1-5H3,(H,35,36,38,39)/t21-/m0/s1. The van der Waals surface area contributed by atoms with Crippen LogP contribution in [0.5, 0.6) is 0 Å². The van der Waals surface area contributed by atoms with Gasteiger partial charge in [0.05, 0.1) is 11.7 Å². The van der Waals surface area contributed by atoms with E-state index in [1.54, 1.807) is 6.07 Å². The normalized spacial score (nSPS) is 18.5. The van der Waals surface area contributed by atoms with Crippen LogP contribution in [0, 0.1) is 18.6 Å². The molecule has 1 N–H and O–H groups in total. The molecule has 0 aliphatic carbocycles. The number of benzene rings is 1. The zero-order chi connectivity index (χ0) is 30.2. The summed E-state index contributed by atoms with van der Waals surface area (Å²) < 4.78 is 31.9. The van der Waals surface area contributed by atoms with Gasteiger partial charge in [-0.3, -0.25) is 9.80 Å². The zero-order valence-electron chi connectivity index (χ0n) is 25.7. The molecule has 0 bridgehead atoms. The number of hydrogen-bond donors (Lipinski definition) is 1. The molecule has 228 valence electrons. The molecule has 0 amide bonds. The highest BCUT2D eigenvalue weighted by molar-refractivity contribution is 5.83. The molecule has 0 radical (unpaired) electrons. The number of pyridine rings is 1. The third-order valence-corrected chi connectivity index (χ3v) is 9.07. The van der Waals surface area contributed by atoms with Crippen molar-refractivity contribution in [3.8, 4) is 11.3 Å². The van der Waals surface area contributed by atoms with Crippen LogP contribution in [-0.2, 0) is 0 Å². The molecule has 2 fully saturated rings. The minimum atomic E-state index is -0.634. The SMILES string of the molecule is Cc1nc2c(F)cc(-c3nc(Nc4ccc([C@H](C)N5CCC(N6CCN(C)CC6)CC5)cn4)ncc3F)cc2n1C(C)C. The van der Waals surface area contributed by atoms with Crippen LogP contribution in [0.15, 0.2) is 36.7 Å². The van der Waals surface area contributed by atoms with Crippen LogP contribution in [0.25, 0.3) is 22.3 Å². The molecule has 2 aliphatic rings. The van der Waals surface area contributed by atoms with Gasteiger partial charge in [-0.25, -0.2) is 28.7 Å². The van der Waals surface area contributed by atoms with Crippen molar-refractivity contribution in [2.45, 2.75) is 58.7 Å². The number of aromatic nitrogens is 5. The van der Waals surface area contributed by atoms with E-state index < -0.39 is 11.6 Å². The molecular weight excluding hydrogens is 548 g/mol. The van der Waals surface area contributed by atoms with Gasteiger partial charge in [0.1, 0.15) is 22.9 Å². The summed E-state index contributed by atoms with van der Waals surface area (Å²) in [4.78, 5) is 25.1. The Morgan fingerprint density at radius 1 is 0.884 bits per heavy atom. The fourth-order valence-electron chi connectivity index (χ4n) is 6.56. The van der Waals surface area contributed by atoms with E-state index in [2.05, 4.69) is 60.0 Å². The highest BCUT2D eigenvalue weighted by atomic mass is 19.1. The Morgan fingerprint density at radius 2 is 1.63 bits per heavy atom. The molecule has 1 atom stereocenters. The molecule has 0 saturated carbocycles. The molecule has 9 nitrogen and oxygen atoms in total. The van der Waals surface area contributed by atoms with Gasteiger partial charge < -0.3 is 14.8 Å². The topological polar surface area (TPSA) is 78.2 Å². The molecular formula is C32H41F2N9. The lowest BCUT2D eigenvalue weighted by Gasteiger charge is -2.43. The molecule has 6 rings (SSSR count). The maximum absolute atomic E-state index is 15.0. The van der Waals surface area contributed by atoms with Crippen LogP contribution in [-0.4, -0.2) is 91.6 Å². The first-order chi connectivity index (χ1) is 20.7. The number of aryl methyl sites for hydroxylation is 1. The van der Waals surface area contributed by atoms with Crippen molar-refractivity contribution < 1.29 is 8.78 Å². The van der Waals surface area contributed by atoms with Gasteiger partial charge in [0, 0.05) is 69.2 Å². The van der Waals surface area contributed by atoms with Gasteiger partial charge in [-0.05, 0) is 71.3 Å². The Kier molecular flexibility index (Phi) is 8.39. The molecule has 5 heterocycles. The summed E-state index contributed by atoms with van der Waals surface area (Å²) in [6, 6.07) is 7.98. The molecule has 43 heavy (non-hydrogen) atoms. The van der Waals surface area contributed by atoms with E-state index >= 15 is 4.39 Å². The summed E-state index contributed by atoms with van der Waals surface area (Å²) in [6.07, 6.45) is 5.37. The molecule has 11 heteroatoms. The van der Waals surface area contributed by atoms with Crippen molar-refractivity contribution in [1.82, 2.24) is 39.2 Å². The van der Waals surface area contributed by atoms with Crippen LogP contribution in [0.4, 0.5) is 20.5 Å². The average molecular weight is 590 g/mol. The Hall–Kier alpha value is -3.54. The van der Waals surface area contributed by atoms with Crippen molar-refractivity contribution >= 4 is 22.8 Å². The fourth-order valence-corrected chi connectivity index (χ4v) is 6.56. The number of nitrogens with one attached hydrogen (secondary N) is 1. The number of halogens is 2. The largest absolute Gasteiger partial charge is 0.326 e. The number of fused-ring (bicyclic) bond motifs is 1. The number of imidazole rings is 1. The maximum Gasteiger partial charge on any atom is 0.229 e. The number of hydrogen-bond acceptors (Lipinski definition) is 8. The molecule has 0 unspecified atom stereocenters. The van der Waals surface area contributed by atoms with Gasteiger partial charge in [0.25, 0.3) is 0 Å². The number of piperazine rings is 1. The predicted octanol–water partition coefficient (Wildman–Crippen LogP) is 5.57. The Balaban J connectivity index is 1.13. The first-order valence-electron chi connectivity index (χ1n) is 15.3. The van der Waals surface area contributed by atoms with Crippen molar-refractivity contribution in [2.75, 3.05) is 51.6 Å². The van der Waals surface area contributed by atoms with Crippen LogP contribution in [0.2, 0.25) is 0 Å². The first-order valence-corrected chi connectivity index (χ1v) is 15.3. The lowest BCUT2D eigenvalue weighted by atomic mass is 9.99. The summed E-state index contributed by atoms with van der Waals surface area (Å²) in [6.45, 7) is 14.9. The molecule has 1 aromatic carbocycles. The maximum atomic E-state index is 15.0. The molecule has 2 saturated heterocycles. The van der Waals surface area contributed by atoms with E-state index in [1.165, 1.54) is 32.0 Å². The van der Waals surface area contributed by atoms with Crippen LogP contribution in [0.1, 0.15) is 57.1 Å². The van der Waals surface area contributed by atoms with Gasteiger partial charge >= 0.3 is 0 Å². The van der Waals surface area contributed by atoms with E-state index in [0.717, 1.165) is 37.9 Å². The summed E-state index contributed by atoms with van der Waals surface area (Å²) >= 11 is 0. The molecule has 4 aromatic rings. The lowest BCUT2D eigenvalue weighted by Crippen LogP contribution is -2.52. The van der Waals surface area contributed by atoms with Gasteiger partial charge in [0.15, 0.2) is 11.6 Å². The summed E-state index contributed by atoms with van der Waals surface area (Å²) in [5, 5.41) is 3.08. The average Bonchev–Trinajstić information content (AvgIpc) is 3.35. The van der Waals surface area contributed by atoms with Gasteiger partial charge in [-0.2, -0.15) is 0 Å². The van der Waals surface area contributed by atoms with E-state index in [0.29, 0.717) is 28.8 Å². The van der Waals surface area contributed by atoms with Gasteiger partial charge in [0.2, 0.25) is 5.95 Å². The number of anilines is 2. The third-order valence-electron chi connectivity index (χ3n) is 9.07. The van der Waals surface area contributed by atoms with Crippen LogP contribution >= 0.6 is 0 Å². The summed E-state index contributed by atoms with van der Waals surface area (Å²) in [5.41, 5.74) is 2.34. The van der Waals surface area contributed by atoms with Gasteiger partial charge in [-0.15, -0.1) is 0 Å². The van der Waals surface area contributed by atoms with Crippen molar-refractivity contribution in [3.05, 3.63) is 59.7 Å². The van der Waals surface area contributed by atoms with Gasteiger partial charge in [-0.1, -0.05) is 6.07 Å². The quantitative estimate of drug-likeness (QED) is 0.300. The smallest absolute Gasteiger partial charge is 0.229 e. The second-order valence-corrected chi connectivity index (χ2v) is 12.2. The molecule has 2 aliphatic heterocycles. The van der Waals surface area contributed by atoms with E-state index in [1.807, 2.05) is 37.6 Å². The molecule has 0 spiro atoms. The molecule has 3 aromatic heterocycles. The van der Waals surface area contributed by atoms with Crippen LogP contribution < -0.4 is 5.32 Å². The van der Waals surface area contributed by atoms with E-state index in [9.17, 15) is 4.39 Å². The van der Waals surface area contributed by atoms with Crippen LogP contribution in [0.3, 0.4) is 0 Å². The highest BCUT2D eigenvalue weighted by Crippen LogP contribution is 2.31. The minimum absolute atomic E-state index is 0.0117. The lowest BCUT2D eigenvalue weighted by molar-refractivity contribution is 0.0565. The zero-order valence-corrected chi connectivity index (χ0v) is 25.7. The second-order valence-electron chi connectivity index (χ2n) is 12.2. The third kappa shape index (κ3) is 6.11. The Morgan fingerprint density at radius 3 is 2.30 bits per heavy atom. The van der Waals surface area contributed by atoms with Crippen molar-refractivity contribution in [1.29, 1.82) is 0 Å². The fraction of sp³-hybridized carbons (Fsp3) is 0.500. The Labute approximate surface area is 252 Å². The number of likely N-dealkylation sites (N-methyl/N-ethyl adjacent to an activating group) is 1. The van der Waals surface area contributed by atoms with Crippen molar-refractivity contribution in [3.63, 3.8) is 0 Å². The van der Waals surface area contributed by atoms with E-state index in [4.69, 9.17) is 0 Å². The van der Waals surface area contributed by atoms with Crippen molar-refractivity contribution in [2.24, 2.45) is 0 Å². The highest BCUT2D eigenvalue weighted by Gasteiger charge is 2.29. The monoisotopic (exact) mass is 589 g/mol. The summed E-state index contributed by atoms with van der Waals surface area (Å²) in [5.74, 6) is 0.287. The second kappa shape index (κ2) is 12.2.